The van der Waals surface area contributed by atoms with Gasteiger partial charge in [-0.15, -0.1) is 0 Å². The van der Waals surface area contributed by atoms with Crippen LogP contribution in [-0.2, 0) is 6.54 Å². The van der Waals surface area contributed by atoms with Crippen LogP contribution >= 0.6 is 11.6 Å². The number of halogens is 1. The smallest absolute Gasteiger partial charge is 0.259 e. The number of hydrogen-bond acceptors (Lipinski definition) is 5. The maximum absolute atomic E-state index is 13.4. The molecular weight excluding hydrogens is 412 g/mol. The van der Waals surface area contributed by atoms with Crippen LogP contribution in [0.1, 0.15) is 29.8 Å². The number of aromatic hydroxyl groups is 1. The van der Waals surface area contributed by atoms with Crippen molar-refractivity contribution in [2.75, 3.05) is 31.1 Å². The lowest BCUT2D eigenvalue weighted by molar-refractivity contribution is 0.207. The highest BCUT2D eigenvalue weighted by molar-refractivity contribution is 6.31. The second kappa shape index (κ2) is 9.12. The van der Waals surface area contributed by atoms with Gasteiger partial charge in [0.15, 0.2) is 0 Å². The average Bonchev–Trinajstić information content (AvgIpc) is 2.78. The quantitative estimate of drug-likeness (QED) is 0.655. The Kier molecular flexibility index (Phi) is 6.30. The van der Waals surface area contributed by atoms with E-state index >= 15 is 0 Å². The first-order valence-electron chi connectivity index (χ1n) is 10.6. The van der Waals surface area contributed by atoms with Gasteiger partial charge in [0.05, 0.1) is 11.6 Å². The molecule has 1 aliphatic rings. The first kappa shape index (κ1) is 21.4. The van der Waals surface area contributed by atoms with Crippen LogP contribution in [0, 0.1) is 6.92 Å². The minimum Gasteiger partial charge on any atom is -0.507 e. The molecule has 3 heterocycles. The van der Waals surface area contributed by atoms with Crippen molar-refractivity contribution >= 4 is 17.4 Å². The molecule has 6 nitrogen and oxygen atoms in total. The molecule has 0 spiro atoms. The predicted octanol–water partition coefficient (Wildman–Crippen LogP) is 3.84. The third kappa shape index (κ3) is 4.18. The molecule has 2 aromatic heterocycles. The Morgan fingerprint density at radius 2 is 1.81 bits per heavy atom. The van der Waals surface area contributed by atoms with Crippen LogP contribution < -0.4 is 10.5 Å². The summed E-state index contributed by atoms with van der Waals surface area (Å²) in [6, 6.07) is 14.7. The topological polar surface area (TPSA) is 61.6 Å². The zero-order valence-corrected chi connectivity index (χ0v) is 18.6. The monoisotopic (exact) mass is 438 g/mol. The van der Waals surface area contributed by atoms with E-state index in [0.717, 1.165) is 30.2 Å². The van der Waals surface area contributed by atoms with E-state index < -0.39 is 6.04 Å². The number of anilines is 1. The lowest BCUT2D eigenvalue weighted by Crippen LogP contribution is -2.49. The Hall–Kier alpha value is -2.83. The number of hydrogen-bond donors (Lipinski definition) is 1. The van der Waals surface area contributed by atoms with Crippen LogP contribution in [0.2, 0.25) is 5.02 Å². The molecule has 0 bridgehead atoms. The highest BCUT2D eigenvalue weighted by Crippen LogP contribution is 2.36. The molecule has 31 heavy (non-hydrogen) atoms. The van der Waals surface area contributed by atoms with Crippen LogP contribution in [0.4, 0.5) is 5.82 Å². The second-order valence-electron chi connectivity index (χ2n) is 7.77. The number of pyridine rings is 2. The molecule has 0 saturated carbocycles. The van der Waals surface area contributed by atoms with Crippen molar-refractivity contribution in [3.05, 3.63) is 86.9 Å². The molecule has 1 saturated heterocycles. The average molecular weight is 439 g/mol. The molecule has 7 heteroatoms. The lowest BCUT2D eigenvalue weighted by Gasteiger charge is -2.40. The molecule has 0 amide bonds. The third-order valence-electron chi connectivity index (χ3n) is 5.97. The van der Waals surface area contributed by atoms with E-state index in [2.05, 4.69) is 14.8 Å². The van der Waals surface area contributed by atoms with Gasteiger partial charge < -0.3 is 14.6 Å². The highest BCUT2D eigenvalue weighted by Gasteiger charge is 2.32. The Balaban J connectivity index is 1.75. The largest absolute Gasteiger partial charge is 0.507 e. The number of piperazine rings is 1. The Bertz CT molecular complexity index is 1110. The van der Waals surface area contributed by atoms with E-state index in [1.54, 1.807) is 16.8 Å². The molecular formula is C24H27ClN4O2. The minimum absolute atomic E-state index is 0.0178. The molecule has 1 unspecified atom stereocenters. The number of nitrogens with zero attached hydrogens (tertiary/aromatic N) is 4. The SMILES string of the molecule is CCn1c(C)cc(O)c(C(c2ccccc2Cl)N2CCN(c3ccccn3)CC2)c1=O. The van der Waals surface area contributed by atoms with E-state index in [1.165, 1.54) is 0 Å². The summed E-state index contributed by atoms with van der Waals surface area (Å²) in [4.78, 5) is 22.3. The summed E-state index contributed by atoms with van der Waals surface area (Å²) < 4.78 is 1.70. The fraction of sp³-hybridized carbons (Fsp3) is 0.333. The normalized spacial score (nSPS) is 15.8. The summed E-state index contributed by atoms with van der Waals surface area (Å²) in [5.74, 6) is 0.965. The molecule has 1 N–H and O–H groups in total. The van der Waals surface area contributed by atoms with Gasteiger partial charge in [-0.25, -0.2) is 4.98 Å². The van der Waals surface area contributed by atoms with Gasteiger partial charge in [0, 0.05) is 49.6 Å². The maximum Gasteiger partial charge on any atom is 0.259 e. The van der Waals surface area contributed by atoms with Gasteiger partial charge in [-0.3, -0.25) is 9.69 Å². The predicted molar refractivity (Wildman–Crippen MR) is 124 cm³/mol. The van der Waals surface area contributed by atoms with E-state index in [-0.39, 0.29) is 11.3 Å². The van der Waals surface area contributed by atoms with Crippen molar-refractivity contribution in [3.8, 4) is 5.75 Å². The van der Waals surface area contributed by atoms with Gasteiger partial charge in [-0.2, -0.15) is 0 Å². The van der Waals surface area contributed by atoms with Gasteiger partial charge in [0.25, 0.3) is 5.56 Å². The Morgan fingerprint density at radius 3 is 2.45 bits per heavy atom. The Labute approximate surface area is 187 Å². The summed E-state index contributed by atoms with van der Waals surface area (Å²) in [6.45, 7) is 7.28. The number of aryl methyl sites for hydroxylation is 1. The fourth-order valence-corrected chi connectivity index (χ4v) is 4.64. The summed E-state index contributed by atoms with van der Waals surface area (Å²) in [5.41, 5.74) is 1.78. The van der Waals surface area contributed by atoms with E-state index in [1.807, 2.05) is 56.3 Å². The third-order valence-corrected chi connectivity index (χ3v) is 6.31. The Morgan fingerprint density at radius 1 is 1.10 bits per heavy atom. The van der Waals surface area contributed by atoms with Gasteiger partial charge in [-0.05, 0) is 43.7 Å². The van der Waals surface area contributed by atoms with Crippen LogP contribution in [-0.4, -0.2) is 45.7 Å². The second-order valence-corrected chi connectivity index (χ2v) is 8.18. The molecule has 1 aromatic carbocycles. The van der Waals surface area contributed by atoms with Crippen molar-refractivity contribution < 1.29 is 5.11 Å². The molecule has 4 rings (SSSR count). The summed E-state index contributed by atoms with van der Waals surface area (Å²) in [5, 5.41) is 11.5. The van der Waals surface area contributed by atoms with E-state index in [4.69, 9.17) is 11.6 Å². The maximum atomic E-state index is 13.4. The first-order valence-corrected chi connectivity index (χ1v) is 11.0. The molecule has 1 fully saturated rings. The van der Waals surface area contributed by atoms with Crippen molar-refractivity contribution in [1.82, 2.24) is 14.5 Å². The van der Waals surface area contributed by atoms with E-state index in [0.29, 0.717) is 30.2 Å². The molecule has 3 aromatic rings. The highest BCUT2D eigenvalue weighted by atomic mass is 35.5. The van der Waals surface area contributed by atoms with Gasteiger partial charge in [-0.1, -0.05) is 35.9 Å². The molecule has 0 aliphatic carbocycles. The van der Waals surface area contributed by atoms with Crippen molar-refractivity contribution in [3.63, 3.8) is 0 Å². The van der Waals surface area contributed by atoms with Gasteiger partial charge in [0.2, 0.25) is 0 Å². The van der Waals surface area contributed by atoms with Crippen molar-refractivity contribution in [2.45, 2.75) is 26.4 Å². The van der Waals surface area contributed by atoms with Gasteiger partial charge in [0.1, 0.15) is 11.6 Å². The summed E-state index contributed by atoms with van der Waals surface area (Å²) in [7, 11) is 0. The molecule has 1 atom stereocenters. The first-order chi connectivity index (χ1) is 15.0. The minimum atomic E-state index is -0.425. The zero-order chi connectivity index (χ0) is 22.0. The zero-order valence-electron chi connectivity index (χ0n) is 17.8. The molecule has 0 radical (unpaired) electrons. The summed E-state index contributed by atoms with van der Waals surface area (Å²) in [6.07, 6.45) is 1.80. The number of aromatic nitrogens is 2. The molecule has 1 aliphatic heterocycles. The number of rotatable bonds is 5. The van der Waals surface area contributed by atoms with Gasteiger partial charge >= 0.3 is 0 Å². The number of benzene rings is 1. The summed E-state index contributed by atoms with van der Waals surface area (Å²) >= 11 is 6.58. The fourth-order valence-electron chi connectivity index (χ4n) is 4.40. The standard InChI is InChI=1S/C24H27ClN4O2/c1-3-29-17(2)16-20(30)22(24(29)31)23(18-8-4-5-9-19(18)25)28-14-12-27(13-15-28)21-10-6-7-11-26-21/h4-11,16,23,30H,3,12-15H2,1-2H3. The van der Waals surface area contributed by atoms with E-state index in [9.17, 15) is 9.90 Å². The molecule has 162 valence electrons. The van der Waals surface area contributed by atoms with Crippen LogP contribution in [0.15, 0.2) is 59.5 Å². The van der Waals surface area contributed by atoms with Crippen LogP contribution in [0.3, 0.4) is 0 Å². The van der Waals surface area contributed by atoms with Crippen molar-refractivity contribution in [1.29, 1.82) is 0 Å². The lowest BCUT2D eigenvalue weighted by atomic mass is 9.96. The van der Waals surface area contributed by atoms with Crippen LogP contribution in [0.25, 0.3) is 0 Å². The van der Waals surface area contributed by atoms with Crippen LogP contribution in [0.5, 0.6) is 5.75 Å². The van der Waals surface area contributed by atoms with Crippen molar-refractivity contribution in [2.24, 2.45) is 0 Å².